The zero-order valence-corrected chi connectivity index (χ0v) is 17.3. The van der Waals surface area contributed by atoms with Crippen LogP contribution in [0.5, 0.6) is 0 Å². The summed E-state index contributed by atoms with van der Waals surface area (Å²) in [4.78, 5) is 10.9. The molecule has 1 fully saturated rings. The van der Waals surface area contributed by atoms with Gasteiger partial charge < -0.3 is 4.43 Å². The molecule has 0 radical (unpaired) electrons. The Kier molecular flexibility index (Phi) is 5.68. The van der Waals surface area contributed by atoms with Crippen LogP contribution in [0.4, 0.5) is 0 Å². The van der Waals surface area contributed by atoms with Crippen LogP contribution in [0.2, 0.25) is 5.04 Å². The number of benzene rings is 2. The van der Waals surface area contributed by atoms with Gasteiger partial charge in [-0.1, -0.05) is 81.4 Å². The smallest absolute Gasteiger partial charge is 0.120 e. The van der Waals surface area contributed by atoms with Crippen LogP contribution < -0.4 is 10.4 Å². The van der Waals surface area contributed by atoms with Gasteiger partial charge in [0.2, 0.25) is 0 Å². The quantitative estimate of drug-likeness (QED) is 0.587. The van der Waals surface area contributed by atoms with Gasteiger partial charge >= 0.3 is 0 Å². The zero-order valence-electron chi connectivity index (χ0n) is 16.3. The Hall–Kier alpha value is -1.46. The summed E-state index contributed by atoms with van der Waals surface area (Å²) in [7, 11) is -2.52. The minimum absolute atomic E-state index is 0.0262. The second-order valence-electron chi connectivity index (χ2n) is 8.41. The molecule has 1 aliphatic heterocycles. The van der Waals surface area contributed by atoms with Crippen molar-refractivity contribution >= 4 is 18.7 Å². The lowest BCUT2D eigenvalue weighted by atomic mass is 10.0. The molecule has 1 heterocycles. The molecule has 141 valence electrons. The first-order valence-corrected chi connectivity index (χ1v) is 11.3. The molecular formula is C22H30O3Si-. The summed E-state index contributed by atoms with van der Waals surface area (Å²) in [5.41, 5.74) is -0.398. The molecule has 1 atom stereocenters. The molecule has 2 aromatic carbocycles. The highest BCUT2D eigenvalue weighted by molar-refractivity contribution is 6.99. The van der Waals surface area contributed by atoms with E-state index in [-0.39, 0.29) is 5.04 Å². The maximum Gasteiger partial charge on any atom is 0.120 e. The third-order valence-electron chi connectivity index (χ3n) is 5.20. The fraction of sp³-hybridized carbons (Fsp3) is 0.455. The predicted molar refractivity (Wildman–Crippen MR) is 108 cm³/mol. The summed E-state index contributed by atoms with van der Waals surface area (Å²) in [6.45, 7) is 10.2. The highest BCUT2D eigenvalue weighted by atomic mass is 28.4. The van der Waals surface area contributed by atoms with Gasteiger partial charge in [0.15, 0.2) is 0 Å². The SMILES string of the molecule is CC1(CO[Si-](c2ccccc2)(c2ccccc2)C(C)(C)C)CCCOO1. The number of hydrogen-bond acceptors (Lipinski definition) is 3. The molecule has 1 aliphatic rings. The molecule has 1 unspecified atom stereocenters. The average molecular weight is 371 g/mol. The molecule has 26 heavy (non-hydrogen) atoms. The summed E-state index contributed by atoms with van der Waals surface area (Å²) >= 11 is 0. The lowest BCUT2D eigenvalue weighted by Gasteiger charge is -2.56. The molecule has 0 saturated carbocycles. The Labute approximate surface area is 158 Å². The summed E-state index contributed by atoms with van der Waals surface area (Å²) in [6, 6.07) is 21.4. The Morgan fingerprint density at radius 3 is 1.92 bits per heavy atom. The van der Waals surface area contributed by atoms with Gasteiger partial charge in [-0.05, 0) is 19.8 Å². The molecule has 0 spiro atoms. The van der Waals surface area contributed by atoms with Gasteiger partial charge in [0.1, 0.15) is 5.60 Å². The Bertz CT molecular complexity index is 649. The van der Waals surface area contributed by atoms with Gasteiger partial charge in [-0.25, -0.2) is 9.78 Å². The fourth-order valence-corrected chi connectivity index (χ4v) is 8.53. The van der Waals surface area contributed by atoms with Crippen LogP contribution in [-0.4, -0.2) is 27.1 Å². The minimum atomic E-state index is -2.52. The van der Waals surface area contributed by atoms with Crippen molar-refractivity contribution in [3.63, 3.8) is 0 Å². The van der Waals surface area contributed by atoms with E-state index in [1.54, 1.807) is 0 Å². The topological polar surface area (TPSA) is 27.7 Å². The maximum absolute atomic E-state index is 6.94. The lowest BCUT2D eigenvalue weighted by molar-refractivity contribution is -0.383. The van der Waals surface area contributed by atoms with Crippen molar-refractivity contribution in [2.75, 3.05) is 13.2 Å². The van der Waals surface area contributed by atoms with E-state index in [2.05, 4.69) is 88.4 Å². The average Bonchev–Trinajstić information content (AvgIpc) is 2.63. The molecule has 0 aromatic heterocycles. The lowest BCUT2D eigenvalue weighted by Crippen LogP contribution is -2.67. The van der Waals surface area contributed by atoms with E-state index in [9.17, 15) is 0 Å². The molecular weight excluding hydrogens is 340 g/mol. The van der Waals surface area contributed by atoms with Gasteiger partial charge in [-0.2, -0.15) is 10.4 Å². The molecule has 0 N–H and O–H groups in total. The first kappa shape index (κ1) is 19.3. The predicted octanol–water partition coefficient (Wildman–Crippen LogP) is 4.06. The molecule has 3 rings (SSSR count). The zero-order chi connectivity index (χ0) is 18.7. The third-order valence-corrected chi connectivity index (χ3v) is 10.2. The normalized spacial score (nSPS) is 21.5. The van der Waals surface area contributed by atoms with Gasteiger partial charge in [0.05, 0.1) is 14.9 Å². The molecule has 0 bridgehead atoms. The van der Waals surface area contributed by atoms with E-state index < -0.39 is 13.9 Å². The van der Waals surface area contributed by atoms with Crippen molar-refractivity contribution in [2.24, 2.45) is 0 Å². The Balaban J connectivity index is 2.05. The van der Waals surface area contributed by atoms with Crippen LogP contribution >= 0.6 is 0 Å². The summed E-state index contributed by atoms with van der Waals surface area (Å²) in [5, 5.41) is 2.56. The van der Waals surface area contributed by atoms with Crippen molar-refractivity contribution < 1.29 is 14.2 Å². The van der Waals surface area contributed by atoms with Gasteiger partial charge in [-0.3, -0.25) is 0 Å². The van der Waals surface area contributed by atoms with E-state index in [1.165, 1.54) is 10.4 Å². The van der Waals surface area contributed by atoms with E-state index >= 15 is 0 Å². The highest BCUT2D eigenvalue weighted by Gasteiger charge is 2.40. The molecule has 2 aromatic rings. The molecule has 0 amide bonds. The van der Waals surface area contributed by atoms with E-state index in [1.807, 2.05) is 0 Å². The monoisotopic (exact) mass is 370 g/mol. The van der Waals surface area contributed by atoms with Crippen LogP contribution in [0, 0.1) is 0 Å². The molecule has 3 nitrogen and oxygen atoms in total. The summed E-state index contributed by atoms with van der Waals surface area (Å²) in [6.07, 6.45) is 1.95. The van der Waals surface area contributed by atoms with E-state index in [4.69, 9.17) is 14.2 Å². The molecule has 0 aliphatic carbocycles. The van der Waals surface area contributed by atoms with Crippen LogP contribution in [0.3, 0.4) is 0 Å². The minimum Gasteiger partial charge on any atom is -0.556 e. The standard InChI is InChI=1S/C22H30O3Si/c1-21(2,3)26(19-12-7-5-8-13-19,20-14-9-6-10-15-20)24-18-22(4)16-11-17-23-25-22/h5-10,12-15H,11,16-18H2,1-4H3/q-1. The van der Waals surface area contributed by atoms with E-state index in [0.717, 1.165) is 12.8 Å². The van der Waals surface area contributed by atoms with Crippen molar-refractivity contribution in [3.05, 3.63) is 60.7 Å². The Morgan fingerprint density at radius 2 is 1.50 bits per heavy atom. The van der Waals surface area contributed by atoms with E-state index in [0.29, 0.717) is 13.2 Å². The van der Waals surface area contributed by atoms with Crippen LogP contribution in [0.15, 0.2) is 60.7 Å². The maximum atomic E-state index is 6.94. The highest BCUT2D eigenvalue weighted by Crippen LogP contribution is 2.38. The van der Waals surface area contributed by atoms with Crippen LogP contribution in [0.1, 0.15) is 40.5 Å². The first-order valence-electron chi connectivity index (χ1n) is 9.43. The summed E-state index contributed by atoms with van der Waals surface area (Å²) < 4.78 is 6.94. The van der Waals surface area contributed by atoms with Crippen molar-refractivity contribution in [3.8, 4) is 0 Å². The van der Waals surface area contributed by atoms with Gasteiger partial charge in [-0.15, -0.1) is 5.04 Å². The van der Waals surface area contributed by atoms with Crippen molar-refractivity contribution in [2.45, 2.75) is 51.2 Å². The van der Waals surface area contributed by atoms with Gasteiger partial charge in [0, 0.05) is 6.61 Å². The summed E-state index contributed by atoms with van der Waals surface area (Å²) in [5.74, 6) is 0. The second-order valence-corrected chi connectivity index (χ2v) is 12.7. The van der Waals surface area contributed by atoms with Crippen molar-refractivity contribution in [1.29, 1.82) is 0 Å². The first-order chi connectivity index (χ1) is 12.4. The molecule has 1 saturated heterocycles. The molecule has 4 heteroatoms. The number of rotatable bonds is 5. The Morgan fingerprint density at radius 1 is 0.962 bits per heavy atom. The largest absolute Gasteiger partial charge is 0.556 e. The fourth-order valence-electron chi connectivity index (χ4n) is 3.85. The van der Waals surface area contributed by atoms with Crippen LogP contribution in [-0.2, 0) is 14.2 Å². The van der Waals surface area contributed by atoms with Crippen molar-refractivity contribution in [1.82, 2.24) is 0 Å². The second kappa shape index (κ2) is 7.65. The van der Waals surface area contributed by atoms with Crippen LogP contribution in [0.25, 0.3) is 0 Å². The van der Waals surface area contributed by atoms with Gasteiger partial charge in [0.25, 0.3) is 0 Å². The third kappa shape index (κ3) is 3.79. The number of hydrogen-bond donors (Lipinski definition) is 0.